The Morgan fingerprint density at radius 2 is 1.72 bits per heavy atom. The van der Waals surface area contributed by atoms with Crippen molar-refractivity contribution in [3.63, 3.8) is 0 Å². The summed E-state index contributed by atoms with van der Waals surface area (Å²) in [5, 5.41) is 4.14. The first-order valence-electron chi connectivity index (χ1n) is 7.77. The summed E-state index contributed by atoms with van der Waals surface area (Å²) in [6, 6.07) is 15.0. The number of pyridine rings is 1. The Morgan fingerprint density at radius 1 is 0.960 bits per heavy atom. The lowest BCUT2D eigenvalue weighted by Gasteiger charge is -2.18. The van der Waals surface area contributed by atoms with E-state index in [-0.39, 0.29) is 0 Å². The minimum Gasteiger partial charge on any atom is -0.449 e. The molecule has 122 valence electrons. The maximum Gasteiger partial charge on any atom is 0.344 e. The molecular weight excluding hydrogens is 316 g/mol. The number of rotatable bonds is 4. The number of hydrogen-bond donors (Lipinski definition) is 0. The molecule has 25 heavy (non-hydrogen) atoms. The molecule has 4 rings (SSSR count). The Labute approximate surface area is 143 Å². The second-order valence-electron chi connectivity index (χ2n) is 5.42. The number of hydrogen-bond acceptors (Lipinski definition) is 5. The molecule has 0 saturated carbocycles. The highest BCUT2D eigenvalue weighted by atomic mass is 16.5. The summed E-state index contributed by atoms with van der Waals surface area (Å²) in [5.74, 6) is -0.473. The van der Waals surface area contributed by atoms with Crippen molar-refractivity contribution < 1.29 is 9.53 Å². The largest absolute Gasteiger partial charge is 0.449 e. The zero-order chi connectivity index (χ0) is 17.1. The van der Waals surface area contributed by atoms with Crippen LogP contribution >= 0.6 is 0 Å². The van der Waals surface area contributed by atoms with Crippen molar-refractivity contribution in [3.8, 4) is 0 Å². The van der Waals surface area contributed by atoms with Crippen LogP contribution in [0.4, 0.5) is 0 Å². The molecule has 6 nitrogen and oxygen atoms in total. The third-order valence-corrected chi connectivity index (χ3v) is 3.84. The van der Waals surface area contributed by atoms with Gasteiger partial charge in [0.15, 0.2) is 11.8 Å². The van der Waals surface area contributed by atoms with Crippen molar-refractivity contribution >= 4 is 11.6 Å². The van der Waals surface area contributed by atoms with Crippen LogP contribution in [0.2, 0.25) is 0 Å². The summed E-state index contributed by atoms with van der Waals surface area (Å²) in [7, 11) is 0. The SMILES string of the molecule is O=C(O[C@H](c1ccccc1)c1ccncc1)c1cnn2cccnc12. The van der Waals surface area contributed by atoms with Crippen LogP contribution in [0.1, 0.15) is 27.6 Å². The van der Waals surface area contributed by atoms with E-state index in [1.165, 1.54) is 6.20 Å². The standard InChI is InChI=1S/C19H14N4O2/c24-19(16-13-22-23-12-4-9-21-18(16)23)25-17(14-5-2-1-3-6-14)15-7-10-20-11-8-15/h1-13,17H/t17-/m1/s1. The normalized spacial score (nSPS) is 12.0. The monoisotopic (exact) mass is 330 g/mol. The average molecular weight is 330 g/mol. The van der Waals surface area contributed by atoms with Crippen molar-refractivity contribution in [3.05, 3.63) is 96.2 Å². The lowest BCUT2D eigenvalue weighted by Crippen LogP contribution is -2.13. The summed E-state index contributed by atoms with van der Waals surface area (Å²) in [6.45, 7) is 0. The van der Waals surface area contributed by atoms with Crippen LogP contribution in [-0.2, 0) is 4.74 Å². The molecule has 0 aliphatic carbocycles. The molecule has 0 spiro atoms. The first-order chi connectivity index (χ1) is 12.3. The smallest absolute Gasteiger partial charge is 0.344 e. The number of aromatic nitrogens is 4. The van der Waals surface area contributed by atoms with Gasteiger partial charge in [0.2, 0.25) is 0 Å². The molecular formula is C19H14N4O2. The fraction of sp³-hybridized carbons (Fsp3) is 0.0526. The fourth-order valence-electron chi connectivity index (χ4n) is 2.64. The Kier molecular flexibility index (Phi) is 3.92. The van der Waals surface area contributed by atoms with Gasteiger partial charge >= 0.3 is 5.97 Å². The predicted octanol–water partition coefficient (Wildman–Crippen LogP) is 3.07. The van der Waals surface area contributed by atoms with E-state index in [9.17, 15) is 4.79 Å². The first kappa shape index (κ1) is 15.0. The maximum absolute atomic E-state index is 12.7. The third-order valence-electron chi connectivity index (χ3n) is 3.84. The number of nitrogens with zero attached hydrogens (tertiary/aromatic N) is 4. The molecule has 0 bridgehead atoms. The second-order valence-corrected chi connectivity index (χ2v) is 5.42. The molecule has 0 N–H and O–H groups in total. The van der Waals surface area contributed by atoms with Gasteiger partial charge in [-0.1, -0.05) is 30.3 Å². The lowest BCUT2D eigenvalue weighted by atomic mass is 10.0. The number of esters is 1. The Hall–Kier alpha value is -3.54. The van der Waals surface area contributed by atoms with E-state index >= 15 is 0 Å². The van der Waals surface area contributed by atoms with Crippen LogP contribution in [0, 0.1) is 0 Å². The number of ether oxygens (including phenoxy) is 1. The molecule has 1 aromatic carbocycles. The van der Waals surface area contributed by atoms with Crippen LogP contribution in [0.5, 0.6) is 0 Å². The molecule has 0 fully saturated rings. The van der Waals surface area contributed by atoms with E-state index in [1.54, 1.807) is 35.4 Å². The highest BCUT2D eigenvalue weighted by molar-refractivity contribution is 5.95. The number of carbonyl (C=O) groups is 1. The minimum atomic E-state index is -0.532. The second kappa shape index (κ2) is 6.52. The van der Waals surface area contributed by atoms with E-state index in [0.29, 0.717) is 11.2 Å². The van der Waals surface area contributed by atoms with Crippen molar-refractivity contribution in [2.75, 3.05) is 0 Å². The molecule has 0 radical (unpaired) electrons. The van der Waals surface area contributed by atoms with Gasteiger partial charge in [0.05, 0.1) is 6.20 Å². The molecule has 0 amide bonds. The minimum absolute atomic E-state index is 0.329. The van der Waals surface area contributed by atoms with Gasteiger partial charge < -0.3 is 4.74 Å². The topological polar surface area (TPSA) is 69.4 Å². The van der Waals surface area contributed by atoms with E-state index in [2.05, 4.69) is 15.1 Å². The number of fused-ring (bicyclic) bond motifs is 1. The molecule has 1 atom stereocenters. The van der Waals surface area contributed by atoms with Crippen molar-refractivity contribution in [1.82, 2.24) is 19.6 Å². The summed E-state index contributed by atoms with van der Waals surface area (Å²) >= 11 is 0. The zero-order valence-electron chi connectivity index (χ0n) is 13.2. The van der Waals surface area contributed by atoms with E-state index in [1.807, 2.05) is 42.5 Å². The van der Waals surface area contributed by atoms with Crippen LogP contribution < -0.4 is 0 Å². The highest BCUT2D eigenvalue weighted by Crippen LogP contribution is 2.27. The van der Waals surface area contributed by atoms with Gasteiger partial charge in [-0.15, -0.1) is 0 Å². The van der Waals surface area contributed by atoms with Gasteiger partial charge in [-0.25, -0.2) is 14.3 Å². The van der Waals surface area contributed by atoms with Crippen molar-refractivity contribution in [2.45, 2.75) is 6.10 Å². The molecule has 6 heteroatoms. The molecule has 4 aromatic rings. The summed E-state index contributed by atoms with van der Waals surface area (Å²) in [5.41, 5.74) is 2.52. The molecule has 0 aliphatic rings. The Bertz CT molecular complexity index is 960. The maximum atomic E-state index is 12.7. The molecule has 0 saturated heterocycles. The van der Waals surface area contributed by atoms with Crippen LogP contribution in [0.25, 0.3) is 5.65 Å². The summed E-state index contributed by atoms with van der Waals surface area (Å²) < 4.78 is 7.36. The zero-order valence-corrected chi connectivity index (χ0v) is 13.2. The van der Waals surface area contributed by atoms with E-state index in [4.69, 9.17) is 4.74 Å². The van der Waals surface area contributed by atoms with Crippen molar-refractivity contribution in [2.24, 2.45) is 0 Å². The predicted molar refractivity (Wildman–Crippen MR) is 90.9 cm³/mol. The van der Waals surface area contributed by atoms with Crippen molar-refractivity contribution in [1.29, 1.82) is 0 Å². The van der Waals surface area contributed by atoms with Crippen LogP contribution in [0.15, 0.2) is 79.5 Å². The van der Waals surface area contributed by atoms with E-state index in [0.717, 1.165) is 11.1 Å². The number of benzene rings is 1. The van der Waals surface area contributed by atoms with Crippen LogP contribution in [0.3, 0.4) is 0 Å². The lowest BCUT2D eigenvalue weighted by molar-refractivity contribution is 0.0380. The summed E-state index contributed by atoms with van der Waals surface area (Å²) in [4.78, 5) is 21.0. The summed E-state index contributed by atoms with van der Waals surface area (Å²) in [6.07, 6.45) is 7.64. The Balaban J connectivity index is 1.70. The van der Waals surface area contributed by atoms with Gasteiger partial charge in [0, 0.05) is 30.4 Å². The van der Waals surface area contributed by atoms with Gasteiger partial charge in [-0.05, 0) is 23.8 Å². The van der Waals surface area contributed by atoms with Gasteiger partial charge in [-0.3, -0.25) is 4.98 Å². The average Bonchev–Trinajstić information content (AvgIpc) is 3.11. The quantitative estimate of drug-likeness (QED) is 0.538. The van der Waals surface area contributed by atoms with E-state index < -0.39 is 12.1 Å². The molecule has 3 aromatic heterocycles. The molecule has 3 heterocycles. The number of carbonyl (C=O) groups excluding carboxylic acids is 1. The first-order valence-corrected chi connectivity index (χ1v) is 7.77. The fourth-order valence-corrected chi connectivity index (χ4v) is 2.64. The molecule has 0 unspecified atom stereocenters. The van der Waals surface area contributed by atoms with Gasteiger partial charge in [-0.2, -0.15) is 5.10 Å². The highest BCUT2D eigenvalue weighted by Gasteiger charge is 2.22. The van der Waals surface area contributed by atoms with Gasteiger partial charge in [0.1, 0.15) is 5.56 Å². The third kappa shape index (κ3) is 2.97. The van der Waals surface area contributed by atoms with Gasteiger partial charge in [0.25, 0.3) is 0 Å². The Morgan fingerprint density at radius 3 is 2.52 bits per heavy atom. The molecule has 0 aliphatic heterocycles. The van der Waals surface area contributed by atoms with Crippen LogP contribution in [-0.4, -0.2) is 25.6 Å².